The number of aliphatic hydroxyl groups is 2. The highest BCUT2D eigenvalue weighted by atomic mass is 16.6. The van der Waals surface area contributed by atoms with Gasteiger partial charge in [0.25, 0.3) is 0 Å². The van der Waals surface area contributed by atoms with Crippen LogP contribution in [0.25, 0.3) is 0 Å². The molecular formula is C13H22O5. The van der Waals surface area contributed by atoms with Gasteiger partial charge in [-0.15, -0.1) is 0 Å². The summed E-state index contributed by atoms with van der Waals surface area (Å²) in [6.07, 6.45) is 1.58. The first-order chi connectivity index (χ1) is 8.57. The molecule has 104 valence electrons. The Bertz CT molecular complexity index is 329. The Morgan fingerprint density at radius 3 is 2.72 bits per heavy atom. The Labute approximate surface area is 107 Å². The van der Waals surface area contributed by atoms with Gasteiger partial charge in [-0.25, -0.2) is 0 Å². The number of methoxy groups -OCH3 is 1. The fourth-order valence-corrected chi connectivity index (χ4v) is 3.80. The molecule has 0 aromatic heterocycles. The van der Waals surface area contributed by atoms with E-state index in [0.717, 1.165) is 19.4 Å². The van der Waals surface area contributed by atoms with E-state index >= 15 is 0 Å². The second-order valence-corrected chi connectivity index (χ2v) is 5.94. The summed E-state index contributed by atoms with van der Waals surface area (Å²) in [7, 11) is 1.63. The molecule has 1 saturated carbocycles. The fourth-order valence-electron chi connectivity index (χ4n) is 3.80. The summed E-state index contributed by atoms with van der Waals surface area (Å²) >= 11 is 0. The molecular weight excluding hydrogens is 236 g/mol. The molecule has 0 aromatic rings. The Hall–Kier alpha value is -0.200. The van der Waals surface area contributed by atoms with Gasteiger partial charge in [-0.2, -0.15) is 0 Å². The van der Waals surface area contributed by atoms with E-state index in [1.807, 2.05) is 6.92 Å². The molecule has 3 aliphatic rings. The SMILES string of the molecule is CO[C@@H]1[C@H](O)CC[C@]2(CO2)[C@H]1[C@@]1(C)O[C@@H]1CCO. The van der Waals surface area contributed by atoms with Gasteiger partial charge in [0.05, 0.1) is 36.4 Å². The van der Waals surface area contributed by atoms with Gasteiger partial charge < -0.3 is 24.4 Å². The number of epoxide rings is 2. The molecule has 2 aliphatic heterocycles. The normalized spacial score (nSPS) is 54.7. The molecule has 0 amide bonds. The molecule has 3 fully saturated rings. The quantitative estimate of drug-likeness (QED) is 0.699. The summed E-state index contributed by atoms with van der Waals surface area (Å²) in [5.41, 5.74) is -0.500. The Morgan fingerprint density at radius 2 is 2.17 bits per heavy atom. The Morgan fingerprint density at radius 1 is 1.44 bits per heavy atom. The van der Waals surface area contributed by atoms with Crippen molar-refractivity contribution >= 4 is 0 Å². The van der Waals surface area contributed by atoms with Crippen molar-refractivity contribution in [2.75, 3.05) is 20.3 Å². The lowest BCUT2D eigenvalue weighted by atomic mass is 9.68. The van der Waals surface area contributed by atoms with Gasteiger partial charge in [0.1, 0.15) is 5.60 Å². The smallest absolute Gasteiger partial charge is 0.100 e. The summed E-state index contributed by atoms with van der Waals surface area (Å²) in [5, 5.41) is 19.2. The molecule has 18 heavy (non-hydrogen) atoms. The second kappa shape index (κ2) is 4.15. The monoisotopic (exact) mass is 258 g/mol. The summed E-state index contributed by atoms with van der Waals surface area (Å²) in [5.74, 6) is 0.0512. The number of aliphatic hydroxyl groups excluding tert-OH is 2. The molecule has 0 bridgehead atoms. The maximum absolute atomic E-state index is 10.1. The predicted molar refractivity (Wildman–Crippen MR) is 63.2 cm³/mol. The number of ether oxygens (including phenoxy) is 3. The fraction of sp³-hybridized carbons (Fsp3) is 1.00. The highest BCUT2D eigenvalue weighted by molar-refractivity contribution is 5.19. The first-order valence-corrected chi connectivity index (χ1v) is 6.71. The van der Waals surface area contributed by atoms with Crippen molar-refractivity contribution in [3.05, 3.63) is 0 Å². The van der Waals surface area contributed by atoms with Crippen LogP contribution in [0.4, 0.5) is 0 Å². The van der Waals surface area contributed by atoms with Gasteiger partial charge in [-0.1, -0.05) is 0 Å². The van der Waals surface area contributed by atoms with E-state index in [2.05, 4.69) is 0 Å². The number of hydrogen-bond donors (Lipinski definition) is 2. The first-order valence-electron chi connectivity index (χ1n) is 6.71. The number of rotatable bonds is 4. The van der Waals surface area contributed by atoms with Crippen LogP contribution in [0, 0.1) is 5.92 Å². The lowest BCUT2D eigenvalue weighted by Crippen LogP contribution is -2.54. The zero-order valence-corrected chi connectivity index (χ0v) is 11.0. The van der Waals surface area contributed by atoms with Crippen LogP contribution in [-0.2, 0) is 14.2 Å². The van der Waals surface area contributed by atoms with Crippen molar-refractivity contribution < 1.29 is 24.4 Å². The molecule has 0 unspecified atom stereocenters. The Balaban J connectivity index is 1.82. The third-order valence-corrected chi connectivity index (χ3v) is 4.91. The van der Waals surface area contributed by atoms with Crippen molar-refractivity contribution in [3.8, 4) is 0 Å². The van der Waals surface area contributed by atoms with Crippen LogP contribution in [0.15, 0.2) is 0 Å². The van der Waals surface area contributed by atoms with E-state index in [-0.39, 0.29) is 35.9 Å². The molecule has 2 saturated heterocycles. The minimum Gasteiger partial charge on any atom is -0.396 e. The van der Waals surface area contributed by atoms with Crippen LogP contribution in [0.1, 0.15) is 26.2 Å². The third kappa shape index (κ3) is 1.72. The molecule has 1 aliphatic carbocycles. The van der Waals surface area contributed by atoms with Crippen LogP contribution >= 0.6 is 0 Å². The molecule has 2 N–H and O–H groups in total. The van der Waals surface area contributed by atoms with Gasteiger partial charge in [-0.3, -0.25) is 0 Å². The topological polar surface area (TPSA) is 74.8 Å². The summed E-state index contributed by atoms with van der Waals surface area (Å²) in [6.45, 7) is 2.90. The van der Waals surface area contributed by atoms with Crippen molar-refractivity contribution in [2.45, 2.75) is 55.7 Å². The highest BCUT2D eigenvalue weighted by Crippen LogP contribution is 2.59. The molecule has 0 radical (unpaired) electrons. The average Bonchev–Trinajstić information content (AvgIpc) is 3.23. The maximum atomic E-state index is 10.1. The maximum Gasteiger partial charge on any atom is 0.100 e. The summed E-state index contributed by atoms with van der Waals surface area (Å²) < 4.78 is 17.0. The molecule has 3 rings (SSSR count). The van der Waals surface area contributed by atoms with Gasteiger partial charge in [0, 0.05) is 13.7 Å². The van der Waals surface area contributed by atoms with Crippen molar-refractivity contribution in [1.29, 1.82) is 0 Å². The standard InChI is InChI=1S/C13H22O5/c1-12(9(18-12)4-6-14)11-10(16-2)8(15)3-5-13(11)7-17-13/h8-11,14-15H,3-7H2,1-2H3/t8-,9-,10-,11-,12+,13+/m1/s1. The van der Waals surface area contributed by atoms with Crippen LogP contribution in [0.3, 0.4) is 0 Å². The van der Waals surface area contributed by atoms with Crippen molar-refractivity contribution in [1.82, 2.24) is 0 Å². The van der Waals surface area contributed by atoms with E-state index < -0.39 is 6.10 Å². The summed E-state index contributed by atoms with van der Waals surface area (Å²) in [4.78, 5) is 0. The van der Waals surface area contributed by atoms with Gasteiger partial charge in [0.2, 0.25) is 0 Å². The first kappa shape index (κ1) is 12.8. The largest absolute Gasteiger partial charge is 0.396 e. The molecule has 2 heterocycles. The average molecular weight is 258 g/mol. The zero-order valence-electron chi connectivity index (χ0n) is 11.0. The summed E-state index contributed by atoms with van der Waals surface area (Å²) in [6, 6.07) is 0. The highest BCUT2D eigenvalue weighted by Gasteiger charge is 2.71. The zero-order chi connectivity index (χ0) is 13.0. The van der Waals surface area contributed by atoms with Crippen LogP contribution in [-0.4, -0.2) is 60.1 Å². The van der Waals surface area contributed by atoms with E-state index in [1.54, 1.807) is 7.11 Å². The molecule has 0 aromatic carbocycles. The van der Waals surface area contributed by atoms with Gasteiger partial charge >= 0.3 is 0 Å². The lowest BCUT2D eigenvalue weighted by molar-refractivity contribution is -0.116. The van der Waals surface area contributed by atoms with Crippen molar-refractivity contribution in [3.63, 3.8) is 0 Å². The minimum absolute atomic E-state index is 0.0512. The van der Waals surface area contributed by atoms with Gasteiger partial charge in [-0.05, 0) is 26.2 Å². The van der Waals surface area contributed by atoms with Gasteiger partial charge in [0.15, 0.2) is 0 Å². The van der Waals surface area contributed by atoms with Crippen LogP contribution < -0.4 is 0 Å². The molecule has 5 nitrogen and oxygen atoms in total. The van der Waals surface area contributed by atoms with E-state index in [0.29, 0.717) is 6.42 Å². The third-order valence-electron chi connectivity index (χ3n) is 4.91. The van der Waals surface area contributed by atoms with Crippen molar-refractivity contribution in [2.24, 2.45) is 5.92 Å². The minimum atomic E-state index is -0.453. The Kier molecular flexibility index (Phi) is 2.95. The van der Waals surface area contributed by atoms with Crippen LogP contribution in [0.5, 0.6) is 0 Å². The molecule has 1 spiro atoms. The molecule has 5 heteroatoms. The van der Waals surface area contributed by atoms with E-state index in [9.17, 15) is 5.11 Å². The number of hydrogen-bond acceptors (Lipinski definition) is 5. The van der Waals surface area contributed by atoms with E-state index in [1.165, 1.54) is 0 Å². The predicted octanol–water partition coefficient (Wildman–Crippen LogP) is 0.0812. The lowest BCUT2D eigenvalue weighted by Gasteiger charge is -2.41. The molecule has 6 atom stereocenters. The second-order valence-electron chi connectivity index (χ2n) is 5.94. The van der Waals surface area contributed by atoms with Crippen LogP contribution in [0.2, 0.25) is 0 Å². The van der Waals surface area contributed by atoms with E-state index in [4.69, 9.17) is 19.3 Å².